The summed E-state index contributed by atoms with van der Waals surface area (Å²) in [6.45, 7) is 2.29. The van der Waals surface area contributed by atoms with Crippen LogP contribution in [0.3, 0.4) is 0 Å². The van der Waals surface area contributed by atoms with Crippen LogP contribution in [0.5, 0.6) is 0 Å². The molecule has 1 saturated heterocycles. The molecule has 6 heteroatoms. The van der Waals surface area contributed by atoms with Crippen molar-refractivity contribution in [3.8, 4) is 0 Å². The summed E-state index contributed by atoms with van der Waals surface area (Å²) in [6.07, 6.45) is 0.611. The SMILES string of the molecule is O=CN1CCN(c2ccc(CC(=O)O)cc2F)CC1. The molecule has 1 aliphatic heterocycles. The van der Waals surface area contributed by atoms with Crippen LogP contribution in [0, 0.1) is 5.82 Å². The van der Waals surface area contributed by atoms with E-state index >= 15 is 0 Å². The van der Waals surface area contributed by atoms with E-state index in [1.54, 1.807) is 17.0 Å². The number of hydrogen-bond donors (Lipinski definition) is 1. The lowest BCUT2D eigenvalue weighted by Gasteiger charge is -2.34. The van der Waals surface area contributed by atoms with Gasteiger partial charge in [0.25, 0.3) is 0 Å². The molecular weight excluding hydrogens is 251 g/mol. The van der Waals surface area contributed by atoms with E-state index in [9.17, 15) is 14.0 Å². The van der Waals surface area contributed by atoms with Crippen LogP contribution in [-0.2, 0) is 16.0 Å². The number of hydrogen-bond acceptors (Lipinski definition) is 3. The standard InChI is InChI=1S/C13H15FN2O3/c14-11-7-10(8-13(18)19)1-2-12(11)16-5-3-15(9-17)4-6-16/h1-2,7,9H,3-6,8H2,(H,18,19). The van der Waals surface area contributed by atoms with Gasteiger partial charge in [-0.15, -0.1) is 0 Å². The first kappa shape index (κ1) is 13.3. The topological polar surface area (TPSA) is 60.9 Å². The molecule has 19 heavy (non-hydrogen) atoms. The first-order valence-corrected chi connectivity index (χ1v) is 6.04. The predicted octanol–water partition coefficient (Wildman–Crippen LogP) is 0.731. The Morgan fingerprint density at radius 2 is 2.00 bits per heavy atom. The molecule has 1 aromatic rings. The largest absolute Gasteiger partial charge is 0.481 e. The minimum Gasteiger partial charge on any atom is -0.481 e. The Balaban J connectivity index is 2.09. The fourth-order valence-corrected chi connectivity index (χ4v) is 2.16. The fourth-order valence-electron chi connectivity index (χ4n) is 2.16. The van der Waals surface area contributed by atoms with E-state index in [-0.39, 0.29) is 6.42 Å². The lowest BCUT2D eigenvalue weighted by molar-refractivity contribution is -0.136. The Labute approximate surface area is 110 Å². The Morgan fingerprint density at radius 3 is 2.53 bits per heavy atom. The van der Waals surface area contributed by atoms with E-state index in [1.807, 2.05) is 4.90 Å². The summed E-state index contributed by atoms with van der Waals surface area (Å²) >= 11 is 0. The number of anilines is 1. The van der Waals surface area contributed by atoms with Gasteiger partial charge >= 0.3 is 5.97 Å². The van der Waals surface area contributed by atoms with Crippen LogP contribution in [0.2, 0.25) is 0 Å². The van der Waals surface area contributed by atoms with E-state index < -0.39 is 11.8 Å². The Kier molecular flexibility index (Phi) is 3.99. The number of piperazine rings is 1. The zero-order valence-corrected chi connectivity index (χ0v) is 10.4. The van der Waals surface area contributed by atoms with Crippen molar-refractivity contribution in [2.45, 2.75) is 6.42 Å². The second-order valence-electron chi connectivity index (χ2n) is 4.48. The summed E-state index contributed by atoms with van der Waals surface area (Å²) < 4.78 is 13.9. The van der Waals surface area contributed by atoms with E-state index in [4.69, 9.17) is 5.11 Å². The molecule has 1 N–H and O–H groups in total. The maximum absolute atomic E-state index is 13.9. The zero-order valence-electron chi connectivity index (χ0n) is 10.4. The van der Waals surface area contributed by atoms with Crippen LogP contribution in [-0.4, -0.2) is 48.6 Å². The van der Waals surface area contributed by atoms with Gasteiger partial charge in [-0.05, 0) is 17.7 Å². The van der Waals surface area contributed by atoms with Gasteiger partial charge in [0.15, 0.2) is 0 Å². The lowest BCUT2D eigenvalue weighted by Crippen LogP contribution is -2.46. The number of nitrogens with zero attached hydrogens (tertiary/aromatic N) is 2. The highest BCUT2D eigenvalue weighted by Gasteiger charge is 2.18. The maximum atomic E-state index is 13.9. The van der Waals surface area contributed by atoms with Gasteiger partial charge in [0.2, 0.25) is 6.41 Å². The first-order valence-electron chi connectivity index (χ1n) is 6.04. The molecule has 0 radical (unpaired) electrons. The van der Waals surface area contributed by atoms with Gasteiger partial charge in [-0.2, -0.15) is 0 Å². The van der Waals surface area contributed by atoms with Gasteiger partial charge in [0.1, 0.15) is 5.82 Å². The smallest absolute Gasteiger partial charge is 0.307 e. The second-order valence-corrected chi connectivity index (χ2v) is 4.48. The van der Waals surface area contributed by atoms with Crippen LogP contribution >= 0.6 is 0 Å². The van der Waals surface area contributed by atoms with Crippen molar-refractivity contribution in [3.05, 3.63) is 29.6 Å². The molecule has 0 atom stereocenters. The van der Waals surface area contributed by atoms with Crippen LogP contribution < -0.4 is 4.90 Å². The van der Waals surface area contributed by atoms with E-state index in [0.717, 1.165) is 6.41 Å². The number of carboxylic acids is 1. The van der Waals surface area contributed by atoms with Crippen molar-refractivity contribution in [2.75, 3.05) is 31.1 Å². The monoisotopic (exact) mass is 266 g/mol. The molecule has 0 unspecified atom stereocenters. The molecule has 1 aliphatic rings. The summed E-state index contributed by atoms with van der Waals surface area (Å²) in [5.41, 5.74) is 0.903. The summed E-state index contributed by atoms with van der Waals surface area (Å²) in [5.74, 6) is -1.40. The van der Waals surface area contributed by atoms with Crippen molar-refractivity contribution in [3.63, 3.8) is 0 Å². The minimum atomic E-state index is -0.980. The van der Waals surface area contributed by atoms with Crippen LogP contribution in [0.1, 0.15) is 5.56 Å². The average Bonchev–Trinajstić information content (AvgIpc) is 2.38. The number of aliphatic carboxylic acids is 1. The van der Waals surface area contributed by atoms with Gasteiger partial charge in [-0.1, -0.05) is 6.07 Å². The molecule has 1 aromatic carbocycles. The normalized spacial score (nSPS) is 15.4. The van der Waals surface area contributed by atoms with Crippen molar-refractivity contribution < 1.29 is 19.1 Å². The Hall–Kier alpha value is -2.11. The van der Waals surface area contributed by atoms with Gasteiger partial charge in [-0.3, -0.25) is 9.59 Å². The molecule has 0 aromatic heterocycles. The highest BCUT2D eigenvalue weighted by atomic mass is 19.1. The highest BCUT2D eigenvalue weighted by Crippen LogP contribution is 2.22. The predicted molar refractivity (Wildman–Crippen MR) is 67.6 cm³/mol. The molecule has 0 aliphatic carbocycles. The number of carbonyl (C=O) groups excluding carboxylic acids is 1. The highest BCUT2D eigenvalue weighted by molar-refractivity contribution is 5.70. The van der Waals surface area contributed by atoms with Crippen molar-refractivity contribution in [1.29, 1.82) is 0 Å². The average molecular weight is 266 g/mol. The zero-order chi connectivity index (χ0) is 13.8. The molecule has 5 nitrogen and oxygen atoms in total. The van der Waals surface area contributed by atoms with Crippen LogP contribution in [0.15, 0.2) is 18.2 Å². The van der Waals surface area contributed by atoms with E-state index in [2.05, 4.69) is 0 Å². The van der Waals surface area contributed by atoms with Gasteiger partial charge in [0, 0.05) is 26.2 Å². The first-order chi connectivity index (χ1) is 9.10. The number of carboxylic acid groups (broad SMARTS) is 1. The summed E-state index contributed by atoms with van der Waals surface area (Å²) in [4.78, 5) is 24.7. The Bertz CT molecular complexity index is 485. The fraction of sp³-hybridized carbons (Fsp3) is 0.385. The molecule has 2 rings (SSSR count). The van der Waals surface area contributed by atoms with Gasteiger partial charge < -0.3 is 14.9 Å². The van der Waals surface area contributed by atoms with Crippen molar-refractivity contribution in [2.24, 2.45) is 0 Å². The molecule has 102 valence electrons. The van der Waals surface area contributed by atoms with Gasteiger partial charge in [-0.25, -0.2) is 4.39 Å². The third-order valence-electron chi connectivity index (χ3n) is 3.17. The van der Waals surface area contributed by atoms with Gasteiger partial charge in [0.05, 0.1) is 12.1 Å². The number of amides is 1. The summed E-state index contributed by atoms with van der Waals surface area (Å²) in [6, 6.07) is 4.48. The third-order valence-corrected chi connectivity index (χ3v) is 3.17. The Morgan fingerprint density at radius 1 is 1.32 bits per heavy atom. The van der Waals surface area contributed by atoms with E-state index in [0.29, 0.717) is 37.4 Å². The number of halogens is 1. The number of rotatable bonds is 4. The minimum absolute atomic E-state index is 0.184. The van der Waals surface area contributed by atoms with Crippen LogP contribution in [0.25, 0.3) is 0 Å². The molecule has 0 bridgehead atoms. The summed E-state index contributed by atoms with van der Waals surface area (Å²) in [7, 11) is 0. The molecule has 1 heterocycles. The third kappa shape index (κ3) is 3.21. The van der Waals surface area contributed by atoms with E-state index in [1.165, 1.54) is 6.07 Å². The molecule has 0 spiro atoms. The number of benzene rings is 1. The summed E-state index contributed by atoms with van der Waals surface area (Å²) in [5, 5.41) is 8.66. The lowest BCUT2D eigenvalue weighted by atomic mass is 10.1. The molecule has 1 fully saturated rings. The molecular formula is C13H15FN2O3. The van der Waals surface area contributed by atoms with Crippen LogP contribution in [0.4, 0.5) is 10.1 Å². The quantitative estimate of drug-likeness (QED) is 0.816. The molecule has 1 amide bonds. The second kappa shape index (κ2) is 5.69. The van der Waals surface area contributed by atoms with Crippen molar-refractivity contribution >= 4 is 18.1 Å². The number of carbonyl (C=O) groups is 2. The maximum Gasteiger partial charge on any atom is 0.307 e. The molecule has 0 saturated carbocycles. The van der Waals surface area contributed by atoms with Crippen molar-refractivity contribution in [1.82, 2.24) is 4.90 Å².